The van der Waals surface area contributed by atoms with Crippen LogP contribution in [0.15, 0.2) is 12.2 Å². The Morgan fingerprint density at radius 2 is 2.17 bits per heavy atom. The molecule has 12 heavy (non-hydrogen) atoms. The molecule has 0 amide bonds. The molecule has 0 heterocycles. The molecule has 2 N–H and O–H groups in total. The predicted molar refractivity (Wildman–Crippen MR) is 48.7 cm³/mol. The molecule has 0 radical (unpaired) electrons. The second-order valence-corrected chi connectivity index (χ2v) is 4.00. The first-order valence-electron chi connectivity index (χ1n) is 4.53. The van der Waals surface area contributed by atoms with E-state index in [1.54, 1.807) is 0 Å². The standard InChI is InChI=1S/C10H18O2/c1-8-4-3-5-9(6-11)10(8,2)7-12/h3-4,8-9,11-12H,5-7H2,1-2H3/t8-,9-,10-/m1/s1. The fraction of sp³-hybridized carbons (Fsp3) is 0.800. The normalized spacial score (nSPS) is 41.7. The van der Waals surface area contributed by atoms with Crippen LogP contribution in [-0.4, -0.2) is 23.4 Å². The number of aliphatic hydroxyl groups is 2. The van der Waals surface area contributed by atoms with Crippen LogP contribution in [0.2, 0.25) is 0 Å². The molecule has 70 valence electrons. The molecule has 0 spiro atoms. The lowest BCUT2D eigenvalue weighted by Crippen LogP contribution is -2.40. The predicted octanol–water partition coefficient (Wildman–Crippen LogP) is 1.19. The van der Waals surface area contributed by atoms with Gasteiger partial charge in [0.05, 0.1) is 0 Å². The van der Waals surface area contributed by atoms with Gasteiger partial charge in [0.2, 0.25) is 0 Å². The molecule has 0 saturated heterocycles. The van der Waals surface area contributed by atoms with E-state index >= 15 is 0 Å². The SMILES string of the molecule is C[C@@H]1C=CC[C@H](CO)[C@]1(C)CO. The van der Waals surface area contributed by atoms with Crippen LogP contribution in [0.25, 0.3) is 0 Å². The first-order chi connectivity index (χ1) is 5.65. The molecule has 0 aromatic heterocycles. The summed E-state index contributed by atoms with van der Waals surface area (Å²) in [6, 6.07) is 0. The summed E-state index contributed by atoms with van der Waals surface area (Å²) in [6.07, 6.45) is 5.11. The average molecular weight is 170 g/mol. The first kappa shape index (κ1) is 9.75. The van der Waals surface area contributed by atoms with Gasteiger partial charge in [-0.15, -0.1) is 0 Å². The third-order valence-corrected chi connectivity index (χ3v) is 3.38. The number of allylic oxidation sites excluding steroid dienone is 2. The van der Waals surface area contributed by atoms with Gasteiger partial charge >= 0.3 is 0 Å². The second-order valence-electron chi connectivity index (χ2n) is 4.00. The van der Waals surface area contributed by atoms with Gasteiger partial charge in [-0.25, -0.2) is 0 Å². The Morgan fingerprint density at radius 1 is 1.50 bits per heavy atom. The number of hydrogen-bond acceptors (Lipinski definition) is 2. The Kier molecular flexibility index (Phi) is 2.91. The lowest BCUT2D eigenvalue weighted by molar-refractivity contribution is 0.00894. The van der Waals surface area contributed by atoms with E-state index in [9.17, 15) is 5.11 Å². The maximum atomic E-state index is 9.28. The van der Waals surface area contributed by atoms with Crippen molar-refractivity contribution >= 4 is 0 Å². The van der Waals surface area contributed by atoms with Gasteiger partial charge in [0, 0.05) is 18.6 Å². The third-order valence-electron chi connectivity index (χ3n) is 3.38. The molecule has 2 nitrogen and oxygen atoms in total. The van der Waals surface area contributed by atoms with Gasteiger partial charge in [-0.1, -0.05) is 26.0 Å². The van der Waals surface area contributed by atoms with Gasteiger partial charge in [0.15, 0.2) is 0 Å². The molecule has 1 aliphatic rings. The summed E-state index contributed by atoms with van der Waals surface area (Å²) in [5.74, 6) is 0.566. The highest BCUT2D eigenvalue weighted by Crippen LogP contribution is 2.41. The van der Waals surface area contributed by atoms with E-state index in [1.807, 2.05) is 6.92 Å². The number of rotatable bonds is 2. The minimum absolute atomic E-state index is 0.135. The molecule has 1 rings (SSSR count). The van der Waals surface area contributed by atoms with E-state index in [0.717, 1.165) is 6.42 Å². The van der Waals surface area contributed by atoms with Crippen LogP contribution >= 0.6 is 0 Å². The van der Waals surface area contributed by atoms with Crippen LogP contribution in [0, 0.1) is 17.3 Å². The molecule has 1 aliphatic carbocycles. The molecule has 2 heteroatoms. The van der Waals surface area contributed by atoms with Gasteiger partial charge in [-0.05, 0) is 18.3 Å². The lowest BCUT2D eigenvalue weighted by atomic mass is 9.65. The van der Waals surface area contributed by atoms with Crippen molar-refractivity contribution in [2.24, 2.45) is 17.3 Å². The summed E-state index contributed by atoms with van der Waals surface area (Å²) >= 11 is 0. The minimum atomic E-state index is -0.135. The number of hydrogen-bond donors (Lipinski definition) is 2. The maximum Gasteiger partial charge on any atom is 0.0493 e. The van der Waals surface area contributed by atoms with E-state index < -0.39 is 0 Å². The van der Waals surface area contributed by atoms with Gasteiger partial charge in [0.25, 0.3) is 0 Å². The second kappa shape index (κ2) is 3.58. The molecule has 0 unspecified atom stereocenters. The van der Waals surface area contributed by atoms with Crippen molar-refractivity contribution in [2.45, 2.75) is 20.3 Å². The highest BCUT2D eigenvalue weighted by Gasteiger charge is 2.38. The lowest BCUT2D eigenvalue weighted by Gasteiger charge is -2.41. The Balaban J connectivity index is 2.83. The van der Waals surface area contributed by atoms with E-state index in [-0.39, 0.29) is 24.5 Å². The zero-order chi connectivity index (χ0) is 9.19. The largest absolute Gasteiger partial charge is 0.396 e. The van der Waals surface area contributed by atoms with Gasteiger partial charge in [0.1, 0.15) is 0 Å². The van der Waals surface area contributed by atoms with Crippen molar-refractivity contribution in [3.8, 4) is 0 Å². The van der Waals surface area contributed by atoms with Crippen LogP contribution in [0.1, 0.15) is 20.3 Å². The van der Waals surface area contributed by atoms with Crippen molar-refractivity contribution < 1.29 is 10.2 Å². The van der Waals surface area contributed by atoms with E-state index in [1.165, 1.54) is 0 Å². The van der Waals surface area contributed by atoms with Crippen LogP contribution < -0.4 is 0 Å². The molecule has 0 saturated carbocycles. The summed E-state index contributed by atoms with van der Waals surface area (Å²) in [5.41, 5.74) is -0.135. The van der Waals surface area contributed by atoms with Gasteiger partial charge in [-0.3, -0.25) is 0 Å². The van der Waals surface area contributed by atoms with E-state index in [2.05, 4.69) is 19.1 Å². The average Bonchev–Trinajstić information content (AvgIpc) is 2.10. The van der Waals surface area contributed by atoms with Crippen LogP contribution in [0.4, 0.5) is 0 Å². The Bertz CT molecular complexity index is 177. The topological polar surface area (TPSA) is 40.5 Å². The highest BCUT2D eigenvalue weighted by atomic mass is 16.3. The zero-order valence-corrected chi connectivity index (χ0v) is 7.83. The molecule has 0 fully saturated rings. The molecular formula is C10H18O2. The van der Waals surface area contributed by atoms with Crippen molar-refractivity contribution in [1.29, 1.82) is 0 Å². The van der Waals surface area contributed by atoms with E-state index in [4.69, 9.17) is 5.11 Å². The monoisotopic (exact) mass is 170 g/mol. The van der Waals surface area contributed by atoms with Crippen LogP contribution in [-0.2, 0) is 0 Å². The zero-order valence-electron chi connectivity index (χ0n) is 7.83. The fourth-order valence-corrected chi connectivity index (χ4v) is 1.86. The van der Waals surface area contributed by atoms with Crippen molar-refractivity contribution in [3.05, 3.63) is 12.2 Å². The third kappa shape index (κ3) is 1.41. The molecule has 0 aromatic rings. The smallest absolute Gasteiger partial charge is 0.0493 e. The van der Waals surface area contributed by atoms with Crippen LogP contribution in [0.5, 0.6) is 0 Å². The molecule has 0 aliphatic heterocycles. The molecule has 0 aromatic carbocycles. The maximum absolute atomic E-state index is 9.28. The Hall–Kier alpha value is -0.340. The summed E-state index contributed by atoms with van der Waals surface area (Å²) in [4.78, 5) is 0. The minimum Gasteiger partial charge on any atom is -0.396 e. The van der Waals surface area contributed by atoms with Crippen molar-refractivity contribution in [3.63, 3.8) is 0 Å². The quantitative estimate of drug-likeness (QED) is 0.611. The fourth-order valence-electron chi connectivity index (χ4n) is 1.86. The van der Waals surface area contributed by atoms with Crippen LogP contribution in [0.3, 0.4) is 0 Å². The molecular weight excluding hydrogens is 152 g/mol. The highest BCUT2D eigenvalue weighted by molar-refractivity contribution is 5.04. The van der Waals surface area contributed by atoms with E-state index in [0.29, 0.717) is 5.92 Å². The molecule has 0 bridgehead atoms. The number of aliphatic hydroxyl groups excluding tert-OH is 2. The summed E-state index contributed by atoms with van der Waals surface area (Å²) in [6.45, 7) is 4.46. The summed E-state index contributed by atoms with van der Waals surface area (Å²) < 4.78 is 0. The van der Waals surface area contributed by atoms with Gasteiger partial charge in [-0.2, -0.15) is 0 Å². The Labute approximate surface area is 73.9 Å². The van der Waals surface area contributed by atoms with Gasteiger partial charge < -0.3 is 10.2 Å². The molecule has 3 atom stereocenters. The first-order valence-corrected chi connectivity index (χ1v) is 4.53. The summed E-state index contributed by atoms with van der Waals surface area (Å²) in [7, 11) is 0. The van der Waals surface area contributed by atoms with Crippen molar-refractivity contribution in [1.82, 2.24) is 0 Å². The van der Waals surface area contributed by atoms with Crippen molar-refractivity contribution in [2.75, 3.05) is 13.2 Å². The summed E-state index contributed by atoms with van der Waals surface area (Å²) in [5, 5.41) is 18.4. The Morgan fingerprint density at radius 3 is 2.58 bits per heavy atom.